The van der Waals surface area contributed by atoms with Gasteiger partial charge in [0.05, 0.1) is 11.7 Å². The van der Waals surface area contributed by atoms with Gasteiger partial charge in [0.2, 0.25) is 0 Å². The summed E-state index contributed by atoms with van der Waals surface area (Å²) in [5.74, 6) is 0.741. The third-order valence-electron chi connectivity index (χ3n) is 3.38. The molecule has 90 valence electrons. The van der Waals surface area contributed by atoms with Crippen molar-refractivity contribution in [3.05, 3.63) is 17.5 Å². The van der Waals surface area contributed by atoms with Gasteiger partial charge in [-0.05, 0) is 40.7 Å². The summed E-state index contributed by atoms with van der Waals surface area (Å²) >= 11 is 0. The molecule has 1 saturated carbocycles. The van der Waals surface area contributed by atoms with Crippen LogP contribution in [0.4, 0.5) is 0 Å². The number of rotatable bonds is 3. The summed E-state index contributed by atoms with van der Waals surface area (Å²) < 4.78 is 2.23. The smallest absolute Gasteiger partial charge is 0.0546 e. The summed E-state index contributed by atoms with van der Waals surface area (Å²) in [6.45, 7) is 7.61. The van der Waals surface area contributed by atoms with Gasteiger partial charge in [0.1, 0.15) is 0 Å². The van der Waals surface area contributed by atoms with Crippen LogP contribution in [0.3, 0.4) is 0 Å². The molecule has 1 aromatic heterocycles. The maximum atomic E-state index is 4.59. The molecule has 0 unspecified atom stereocenters. The van der Waals surface area contributed by atoms with Crippen molar-refractivity contribution in [2.24, 2.45) is 0 Å². The highest BCUT2D eigenvalue weighted by atomic mass is 15.3. The SMILES string of the molecule is CNCc1cnn(C(C)(C)C)c1C1CCC1. The van der Waals surface area contributed by atoms with Gasteiger partial charge in [-0.2, -0.15) is 5.10 Å². The Balaban J connectivity index is 2.37. The molecule has 0 aromatic carbocycles. The average molecular weight is 221 g/mol. The standard InChI is InChI=1S/C13H23N3/c1-13(2,3)16-12(10-6-5-7-10)11(8-14-4)9-15-16/h9-10,14H,5-8H2,1-4H3. The van der Waals surface area contributed by atoms with Crippen molar-refractivity contribution in [1.82, 2.24) is 15.1 Å². The van der Waals surface area contributed by atoms with Gasteiger partial charge in [0.15, 0.2) is 0 Å². The lowest BCUT2D eigenvalue weighted by Gasteiger charge is -2.32. The zero-order chi connectivity index (χ0) is 11.8. The fourth-order valence-corrected chi connectivity index (χ4v) is 2.37. The van der Waals surface area contributed by atoms with Crippen LogP contribution in [0.1, 0.15) is 57.2 Å². The van der Waals surface area contributed by atoms with Crippen LogP contribution in [-0.2, 0) is 12.1 Å². The Morgan fingerprint density at radius 1 is 1.44 bits per heavy atom. The molecule has 0 atom stereocenters. The van der Waals surface area contributed by atoms with Gasteiger partial charge in [0, 0.05) is 23.7 Å². The van der Waals surface area contributed by atoms with E-state index >= 15 is 0 Å². The number of nitrogens with one attached hydrogen (secondary N) is 1. The van der Waals surface area contributed by atoms with Crippen LogP contribution in [0.2, 0.25) is 0 Å². The molecule has 1 N–H and O–H groups in total. The van der Waals surface area contributed by atoms with Gasteiger partial charge in [-0.1, -0.05) is 6.42 Å². The van der Waals surface area contributed by atoms with Crippen molar-refractivity contribution >= 4 is 0 Å². The van der Waals surface area contributed by atoms with Gasteiger partial charge in [0.25, 0.3) is 0 Å². The van der Waals surface area contributed by atoms with E-state index in [2.05, 4.69) is 35.9 Å². The topological polar surface area (TPSA) is 29.9 Å². The average Bonchev–Trinajstić information content (AvgIpc) is 2.46. The molecule has 1 fully saturated rings. The quantitative estimate of drug-likeness (QED) is 0.850. The van der Waals surface area contributed by atoms with E-state index in [0.717, 1.165) is 12.5 Å². The Morgan fingerprint density at radius 2 is 2.12 bits per heavy atom. The van der Waals surface area contributed by atoms with E-state index in [-0.39, 0.29) is 5.54 Å². The molecule has 1 aliphatic rings. The van der Waals surface area contributed by atoms with E-state index in [9.17, 15) is 0 Å². The highest BCUT2D eigenvalue weighted by molar-refractivity contribution is 5.24. The maximum absolute atomic E-state index is 4.59. The fourth-order valence-electron chi connectivity index (χ4n) is 2.37. The zero-order valence-electron chi connectivity index (χ0n) is 10.9. The second kappa shape index (κ2) is 4.21. The summed E-state index contributed by atoms with van der Waals surface area (Å²) in [6, 6.07) is 0. The van der Waals surface area contributed by atoms with Gasteiger partial charge < -0.3 is 5.32 Å². The van der Waals surface area contributed by atoms with Crippen LogP contribution in [-0.4, -0.2) is 16.8 Å². The van der Waals surface area contributed by atoms with Gasteiger partial charge >= 0.3 is 0 Å². The highest BCUT2D eigenvalue weighted by Crippen LogP contribution is 2.39. The van der Waals surface area contributed by atoms with Crippen LogP contribution in [0.15, 0.2) is 6.20 Å². The Hall–Kier alpha value is -0.830. The molecule has 0 spiro atoms. The van der Waals surface area contributed by atoms with E-state index in [4.69, 9.17) is 0 Å². The second-order valence-corrected chi connectivity index (χ2v) is 5.80. The monoisotopic (exact) mass is 221 g/mol. The lowest BCUT2D eigenvalue weighted by molar-refractivity contribution is 0.305. The van der Waals surface area contributed by atoms with Crippen LogP contribution < -0.4 is 5.32 Å². The molecular weight excluding hydrogens is 198 g/mol. The van der Waals surface area contributed by atoms with Crippen molar-refractivity contribution in [1.29, 1.82) is 0 Å². The molecule has 1 aliphatic carbocycles. The Kier molecular flexibility index (Phi) is 3.06. The van der Waals surface area contributed by atoms with Crippen molar-refractivity contribution in [3.8, 4) is 0 Å². The Morgan fingerprint density at radius 3 is 2.56 bits per heavy atom. The molecule has 2 rings (SSSR count). The minimum Gasteiger partial charge on any atom is -0.316 e. The first kappa shape index (κ1) is 11.6. The molecule has 0 radical (unpaired) electrons. The largest absolute Gasteiger partial charge is 0.316 e. The van der Waals surface area contributed by atoms with Crippen LogP contribution in [0, 0.1) is 0 Å². The van der Waals surface area contributed by atoms with Gasteiger partial charge in [-0.15, -0.1) is 0 Å². The van der Waals surface area contributed by atoms with Crippen molar-refractivity contribution < 1.29 is 0 Å². The van der Waals surface area contributed by atoms with Gasteiger partial charge in [-0.3, -0.25) is 4.68 Å². The maximum Gasteiger partial charge on any atom is 0.0546 e. The summed E-state index contributed by atoms with van der Waals surface area (Å²) in [5, 5.41) is 7.82. The Bertz CT molecular complexity index is 356. The molecule has 3 heteroatoms. The lowest BCUT2D eigenvalue weighted by atomic mass is 9.81. The summed E-state index contributed by atoms with van der Waals surface area (Å²) in [6.07, 6.45) is 6.07. The molecule has 0 amide bonds. The Labute approximate surface area is 98.2 Å². The number of hydrogen-bond acceptors (Lipinski definition) is 2. The number of aromatic nitrogens is 2. The van der Waals surface area contributed by atoms with Crippen LogP contribution in [0.5, 0.6) is 0 Å². The van der Waals surface area contributed by atoms with E-state index in [1.807, 2.05) is 13.2 Å². The molecule has 16 heavy (non-hydrogen) atoms. The minimum absolute atomic E-state index is 0.0942. The molecule has 3 nitrogen and oxygen atoms in total. The highest BCUT2D eigenvalue weighted by Gasteiger charge is 2.29. The van der Waals surface area contributed by atoms with E-state index < -0.39 is 0 Å². The summed E-state index contributed by atoms with van der Waals surface area (Å²) in [4.78, 5) is 0. The first-order valence-electron chi connectivity index (χ1n) is 6.26. The van der Waals surface area contributed by atoms with E-state index in [1.54, 1.807) is 0 Å². The molecule has 0 saturated heterocycles. The normalized spacial score (nSPS) is 17.5. The molecular formula is C13H23N3. The lowest BCUT2D eigenvalue weighted by Crippen LogP contribution is -2.29. The predicted molar refractivity (Wildman–Crippen MR) is 66.6 cm³/mol. The van der Waals surface area contributed by atoms with E-state index in [0.29, 0.717) is 0 Å². The first-order valence-corrected chi connectivity index (χ1v) is 6.26. The number of hydrogen-bond donors (Lipinski definition) is 1. The third kappa shape index (κ3) is 2.01. The fraction of sp³-hybridized carbons (Fsp3) is 0.769. The molecule has 1 heterocycles. The number of nitrogens with zero attached hydrogens (tertiary/aromatic N) is 2. The van der Waals surface area contributed by atoms with Crippen LogP contribution >= 0.6 is 0 Å². The van der Waals surface area contributed by atoms with Crippen molar-refractivity contribution in [3.63, 3.8) is 0 Å². The van der Waals surface area contributed by atoms with Crippen LogP contribution in [0.25, 0.3) is 0 Å². The van der Waals surface area contributed by atoms with E-state index in [1.165, 1.54) is 30.5 Å². The van der Waals surface area contributed by atoms with Crippen molar-refractivity contribution in [2.45, 2.75) is 58.0 Å². The summed E-state index contributed by atoms with van der Waals surface area (Å²) in [5.41, 5.74) is 2.94. The van der Waals surface area contributed by atoms with Crippen molar-refractivity contribution in [2.75, 3.05) is 7.05 Å². The zero-order valence-corrected chi connectivity index (χ0v) is 10.9. The third-order valence-corrected chi connectivity index (χ3v) is 3.38. The van der Waals surface area contributed by atoms with Gasteiger partial charge in [-0.25, -0.2) is 0 Å². The molecule has 0 aliphatic heterocycles. The molecule has 0 bridgehead atoms. The first-order chi connectivity index (χ1) is 7.54. The molecule has 1 aromatic rings. The minimum atomic E-state index is 0.0942. The predicted octanol–water partition coefficient (Wildman–Crippen LogP) is 2.63. The second-order valence-electron chi connectivity index (χ2n) is 5.80. The summed E-state index contributed by atoms with van der Waals surface area (Å²) in [7, 11) is 2.00.